The number of hydrogen-bond acceptors (Lipinski definition) is 2. The number of piperidine rings is 1. The van der Waals surface area contributed by atoms with E-state index in [1.54, 1.807) is 0 Å². The van der Waals surface area contributed by atoms with Gasteiger partial charge >= 0.3 is 0 Å². The van der Waals surface area contributed by atoms with E-state index >= 15 is 0 Å². The number of aromatic nitrogens is 1. The van der Waals surface area contributed by atoms with Crippen molar-refractivity contribution in [3.05, 3.63) is 29.8 Å². The maximum Gasteiger partial charge on any atom is 0.255 e. The number of hydrogen-bond donors (Lipinski definition) is 0. The van der Waals surface area contributed by atoms with Gasteiger partial charge in [-0.05, 0) is 36.8 Å². The quantitative estimate of drug-likeness (QED) is 0.756. The fraction of sp³-hybridized carbons (Fsp3) is 0.571. The van der Waals surface area contributed by atoms with Crippen LogP contribution in [-0.2, 0) is 0 Å². The van der Waals surface area contributed by atoms with E-state index in [1.165, 1.54) is 18.3 Å². The molecule has 1 aliphatic rings. The molecule has 0 atom stereocenters. The highest BCUT2D eigenvalue weighted by Crippen LogP contribution is 2.25. The molecule has 0 aromatic carbocycles. The van der Waals surface area contributed by atoms with E-state index in [9.17, 15) is 9.18 Å². The number of carbonyl (C=O) groups is 1. The standard InChI is InChI=1S/C14H19FN2O/c1-10(2)11-5-7-17(8-6-11)14(18)12-3-4-13(15)16-9-12/h3-4,9-11H,5-8H2,1-2H3. The van der Waals surface area contributed by atoms with Crippen LogP contribution in [0.2, 0.25) is 0 Å². The highest BCUT2D eigenvalue weighted by molar-refractivity contribution is 5.93. The summed E-state index contributed by atoms with van der Waals surface area (Å²) >= 11 is 0. The normalized spacial score (nSPS) is 17.2. The molecule has 0 bridgehead atoms. The van der Waals surface area contributed by atoms with Gasteiger partial charge in [-0.1, -0.05) is 13.8 Å². The van der Waals surface area contributed by atoms with Gasteiger partial charge in [-0.3, -0.25) is 4.79 Å². The van der Waals surface area contributed by atoms with Crippen LogP contribution in [0.3, 0.4) is 0 Å². The Morgan fingerprint density at radius 2 is 2.06 bits per heavy atom. The van der Waals surface area contributed by atoms with Gasteiger partial charge in [0.05, 0.1) is 5.56 Å². The fourth-order valence-electron chi connectivity index (χ4n) is 2.45. The third-order valence-electron chi connectivity index (χ3n) is 3.74. The first-order valence-electron chi connectivity index (χ1n) is 6.48. The first-order chi connectivity index (χ1) is 8.58. The van der Waals surface area contributed by atoms with Gasteiger partial charge in [0.25, 0.3) is 5.91 Å². The SMILES string of the molecule is CC(C)C1CCN(C(=O)c2ccc(F)nc2)CC1. The Hall–Kier alpha value is -1.45. The summed E-state index contributed by atoms with van der Waals surface area (Å²) in [6, 6.07) is 2.73. The Bertz CT molecular complexity index is 408. The minimum atomic E-state index is -0.551. The van der Waals surface area contributed by atoms with E-state index in [0.29, 0.717) is 17.4 Å². The summed E-state index contributed by atoms with van der Waals surface area (Å²) in [4.78, 5) is 17.5. The molecule has 3 nitrogen and oxygen atoms in total. The van der Waals surface area contributed by atoms with Crippen LogP contribution in [0, 0.1) is 17.8 Å². The lowest BCUT2D eigenvalue weighted by molar-refractivity contribution is 0.0667. The Morgan fingerprint density at radius 1 is 1.39 bits per heavy atom. The highest BCUT2D eigenvalue weighted by atomic mass is 19.1. The van der Waals surface area contributed by atoms with Crippen LogP contribution < -0.4 is 0 Å². The van der Waals surface area contributed by atoms with Crippen molar-refractivity contribution >= 4 is 5.91 Å². The van der Waals surface area contributed by atoms with Crippen LogP contribution >= 0.6 is 0 Å². The van der Waals surface area contributed by atoms with Gasteiger partial charge in [0, 0.05) is 19.3 Å². The maximum atomic E-state index is 12.7. The van der Waals surface area contributed by atoms with Crippen LogP contribution in [0.5, 0.6) is 0 Å². The summed E-state index contributed by atoms with van der Waals surface area (Å²) < 4.78 is 12.7. The van der Waals surface area contributed by atoms with Crippen molar-refractivity contribution < 1.29 is 9.18 Å². The Kier molecular flexibility index (Phi) is 3.94. The molecule has 0 unspecified atom stereocenters. The smallest absolute Gasteiger partial charge is 0.255 e. The first kappa shape index (κ1) is 13.0. The summed E-state index contributed by atoms with van der Waals surface area (Å²) in [5.74, 6) is 0.796. The molecule has 1 aromatic heterocycles. The van der Waals surface area contributed by atoms with E-state index in [4.69, 9.17) is 0 Å². The number of carbonyl (C=O) groups excluding carboxylic acids is 1. The monoisotopic (exact) mass is 250 g/mol. The van der Waals surface area contributed by atoms with Crippen molar-refractivity contribution in [2.75, 3.05) is 13.1 Å². The maximum absolute atomic E-state index is 12.7. The number of nitrogens with zero attached hydrogens (tertiary/aromatic N) is 2. The van der Waals surface area contributed by atoms with Gasteiger partial charge in [0.1, 0.15) is 0 Å². The second-order valence-electron chi connectivity index (χ2n) is 5.24. The molecule has 0 aliphatic carbocycles. The summed E-state index contributed by atoms with van der Waals surface area (Å²) in [6.07, 6.45) is 3.42. The topological polar surface area (TPSA) is 33.2 Å². The molecule has 2 rings (SSSR count). The molecule has 1 aliphatic heterocycles. The molecule has 18 heavy (non-hydrogen) atoms. The van der Waals surface area contributed by atoms with Gasteiger partial charge in [0.2, 0.25) is 5.95 Å². The van der Waals surface area contributed by atoms with Crippen LogP contribution in [-0.4, -0.2) is 28.9 Å². The summed E-state index contributed by atoms with van der Waals surface area (Å²) in [5.41, 5.74) is 0.472. The molecule has 1 fully saturated rings. The van der Waals surface area contributed by atoms with E-state index in [1.807, 2.05) is 4.90 Å². The van der Waals surface area contributed by atoms with Crippen LogP contribution in [0.4, 0.5) is 4.39 Å². The number of amides is 1. The Balaban J connectivity index is 1.97. The highest BCUT2D eigenvalue weighted by Gasteiger charge is 2.25. The van der Waals surface area contributed by atoms with E-state index in [0.717, 1.165) is 25.9 Å². The zero-order valence-corrected chi connectivity index (χ0v) is 10.9. The summed E-state index contributed by atoms with van der Waals surface area (Å²) in [6.45, 7) is 6.04. The first-order valence-corrected chi connectivity index (χ1v) is 6.48. The third kappa shape index (κ3) is 2.86. The fourth-order valence-corrected chi connectivity index (χ4v) is 2.45. The third-order valence-corrected chi connectivity index (χ3v) is 3.74. The van der Waals surface area contributed by atoms with Crippen LogP contribution in [0.25, 0.3) is 0 Å². The molecule has 1 aromatic rings. The predicted octanol–water partition coefficient (Wildman–Crippen LogP) is 2.73. The summed E-state index contributed by atoms with van der Waals surface area (Å²) in [5, 5.41) is 0. The molecule has 0 N–H and O–H groups in total. The van der Waals surface area contributed by atoms with Crippen molar-refractivity contribution in [3.63, 3.8) is 0 Å². The molecule has 0 radical (unpaired) electrons. The largest absolute Gasteiger partial charge is 0.339 e. The number of pyridine rings is 1. The van der Waals surface area contributed by atoms with Crippen molar-refractivity contribution in [1.29, 1.82) is 0 Å². The number of likely N-dealkylation sites (tertiary alicyclic amines) is 1. The van der Waals surface area contributed by atoms with Crippen molar-refractivity contribution in [2.24, 2.45) is 11.8 Å². The van der Waals surface area contributed by atoms with E-state index in [2.05, 4.69) is 18.8 Å². The molecular formula is C14H19FN2O. The van der Waals surface area contributed by atoms with E-state index < -0.39 is 5.95 Å². The molecule has 2 heterocycles. The molecule has 1 amide bonds. The molecule has 1 saturated heterocycles. The lowest BCUT2D eigenvalue weighted by atomic mass is 9.86. The van der Waals surface area contributed by atoms with Gasteiger partial charge in [0.15, 0.2) is 0 Å². The molecule has 0 saturated carbocycles. The Morgan fingerprint density at radius 3 is 2.56 bits per heavy atom. The van der Waals surface area contributed by atoms with Crippen LogP contribution in [0.1, 0.15) is 37.0 Å². The number of halogens is 1. The minimum Gasteiger partial charge on any atom is -0.339 e. The minimum absolute atomic E-state index is 0.0373. The van der Waals surface area contributed by atoms with Crippen LogP contribution in [0.15, 0.2) is 18.3 Å². The molecule has 4 heteroatoms. The zero-order valence-electron chi connectivity index (χ0n) is 10.9. The van der Waals surface area contributed by atoms with Gasteiger partial charge in [-0.25, -0.2) is 4.98 Å². The number of rotatable bonds is 2. The summed E-state index contributed by atoms with van der Waals surface area (Å²) in [7, 11) is 0. The molecular weight excluding hydrogens is 231 g/mol. The average Bonchev–Trinajstić information content (AvgIpc) is 2.39. The predicted molar refractivity (Wildman–Crippen MR) is 67.7 cm³/mol. The average molecular weight is 250 g/mol. The van der Waals surface area contributed by atoms with Gasteiger partial charge in [-0.15, -0.1) is 0 Å². The second kappa shape index (κ2) is 5.46. The van der Waals surface area contributed by atoms with Crippen molar-refractivity contribution in [3.8, 4) is 0 Å². The lowest BCUT2D eigenvalue weighted by Crippen LogP contribution is -2.39. The van der Waals surface area contributed by atoms with Crippen molar-refractivity contribution in [1.82, 2.24) is 9.88 Å². The molecule has 0 spiro atoms. The van der Waals surface area contributed by atoms with Crippen molar-refractivity contribution in [2.45, 2.75) is 26.7 Å². The lowest BCUT2D eigenvalue weighted by Gasteiger charge is -2.33. The van der Waals surface area contributed by atoms with Gasteiger partial charge < -0.3 is 4.90 Å². The second-order valence-corrected chi connectivity index (χ2v) is 5.24. The van der Waals surface area contributed by atoms with E-state index in [-0.39, 0.29) is 5.91 Å². The Labute approximate surface area is 107 Å². The van der Waals surface area contributed by atoms with Gasteiger partial charge in [-0.2, -0.15) is 4.39 Å². The zero-order chi connectivity index (χ0) is 13.1. The molecule has 98 valence electrons.